The Morgan fingerprint density at radius 2 is 1.43 bits per heavy atom. The molecule has 0 aromatic heterocycles. The molecule has 190 valence electrons. The van der Waals surface area contributed by atoms with Crippen molar-refractivity contribution in [3.05, 3.63) is 59.7 Å². The summed E-state index contributed by atoms with van der Waals surface area (Å²) in [5, 5.41) is 9.41. The minimum atomic E-state index is -1.02. The van der Waals surface area contributed by atoms with Crippen LogP contribution in [0.1, 0.15) is 50.2 Å². The fourth-order valence-corrected chi connectivity index (χ4v) is 4.79. The number of hydrogen-bond acceptors (Lipinski definition) is 5. The maximum absolute atomic E-state index is 12.8. The van der Waals surface area contributed by atoms with Crippen LogP contribution in [0.2, 0.25) is 0 Å². The number of benzene rings is 2. The lowest BCUT2D eigenvalue weighted by Gasteiger charge is -2.37. The van der Waals surface area contributed by atoms with Gasteiger partial charge < -0.3 is 24.2 Å². The molecule has 0 bridgehead atoms. The Kier molecular flexibility index (Phi) is 9.55. The van der Waals surface area contributed by atoms with E-state index < -0.39 is 12.1 Å². The number of aliphatic carboxylic acids is 1. The van der Waals surface area contributed by atoms with Crippen molar-refractivity contribution in [1.29, 1.82) is 0 Å². The van der Waals surface area contributed by atoms with E-state index in [1.165, 1.54) is 11.1 Å². The van der Waals surface area contributed by atoms with Gasteiger partial charge in [-0.2, -0.15) is 0 Å². The van der Waals surface area contributed by atoms with E-state index in [0.29, 0.717) is 25.4 Å². The molecular formula is C28H37NO6. The molecule has 0 spiro atoms. The lowest BCUT2D eigenvalue weighted by molar-refractivity contribution is -0.158. The van der Waals surface area contributed by atoms with Crippen molar-refractivity contribution in [3.63, 3.8) is 0 Å². The van der Waals surface area contributed by atoms with Gasteiger partial charge in [-0.3, -0.25) is 4.79 Å². The number of hydrogen-bond donors (Lipinski definition) is 1. The number of carbonyl (C=O) groups excluding carboxylic acids is 1. The molecule has 1 aliphatic heterocycles. The topological polar surface area (TPSA) is 85.3 Å². The van der Waals surface area contributed by atoms with Crippen molar-refractivity contribution in [1.82, 2.24) is 4.90 Å². The van der Waals surface area contributed by atoms with Crippen molar-refractivity contribution in [2.45, 2.75) is 45.1 Å². The number of rotatable bonds is 11. The minimum absolute atomic E-state index is 0.150. The summed E-state index contributed by atoms with van der Waals surface area (Å²) in [5.41, 5.74) is 2.42. The molecule has 1 aliphatic rings. The van der Waals surface area contributed by atoms with Crippen LogP contribution in [0.3, 0.4) is 0 Å². The molecule has 1 fully saturated rings. The molecule has 2 aromatic carbocycles. The number of piperidine rings is 1. The third-order valence-corrected chi connectivity index (χ3v) is 7.10. The fraction of sp³-hybridized carbons (Fsp3) is 0.500. The van der Waals surface area contributed by atoms with Crippen LogP contribution in [0.4, 0.5) is 0 Å². The van der Waals surface area contributed by atoms with Crippen LogP contribution in [0.15, 0.2) is 48.5 Å². The number of nitrogens with zero attached hydrogens (tertiary/aromatic N) is 1. The van der Waals surface area contributed by atoms with Crippen molar-refractivity contribution in [2.24, 2.45) is 11.8 Å². The summed E-state index contributed by atoms with van der Waals surface area (Å²) < 4.78 is 16.2. The van der Waals surface area contributed by atoms with E-state index in [0.717, 1.165) is 24.3 Å². The Morgan fingerprint density at radius 1 is 0.943 bits per heavy atom. The molecule has 2 aromatic rings. The predicted octanol–water partition coefficient (Wildman–Crippen LogP) is 4.59. The number of carbonyl (C=O) groups is 2. The van der Waals surface area contributed by atoms with Gasteiger partial charge in [0.1, 0.15) is 18.1 Å². The Bertz CT molecular complexity index is 903. The highest BCUT2D eigenvalue weighted by molar-refractivity contribution is 5.78. The Balaban J connectivity index is 1.69. The first-order valence-electron chi connectivity index (χ1n) is 12.3. The van der Waals surface area contributed by atoms with Crippen molar-refractivity contribution in [3.8, 4) is 11.5 Å². The molecule has 7 heteroatoms. The molecule has 0 radical (unpaired) electrons. The average Bonchev–Trinajstić information content (AvgIpc) is 2.89. The first-order valence-corrected chi connectivity index (χ1v) is 12.3. The van der Waals surface area contributed by atoms with Gasteiger partial charge in [0.2, 0.25) is 5.91 Å². The maximum atomic E-state index is 12.8. The monoisotopic (exact) mass is 483 g/mol. The summed E-state index contributed by atoms with van der Waals surface area (Å²) >= 11 is 0. The molecule has 0 aliphatic carbocycles. The second-order valence-electron chi connectivity index (χ2n) is 9.20. The van der Waals surface area contributed by atoms with E-state index in [1.54, 1.807) is 19.1 Å². The summed E-state index contributed by atoms with van der Waals surface area (Å²) in [6, 6.07) is 16.4. The van der Waals surface area contributed by atoms with Crippen molar-refractivity contribution >= 4 is 11.9 Å². The van der Waals surface area contributed by atoms with E-state index in [1.807, 2.05) is 38.1 Å². The highest BCUT2D eigenvalue weighted by Crippen LogP contribution is 2.39. The zero-order valence-electron chi connectivity index (χ0n) is 21.1. The summed E-state index contributed by atoms with van der Waals surface area (Å²) in [6.45, 7) is 4.78. The second-order valence-corrected chi connectivity index (χ2v) is 9.20. The van der Waals surface area contributed by atoms with Crippen molar-refractivity contribution in [2.75, 3.05) is 33.9 Å². The number of carboxylic acid groups (broad SMARTS) is 1. The molecule has 0 saturated carbocycles. The summed E-state index contributed by atoms with van der Waals surface area (Å²) in [4.78, 5) is 26.1. The van der Waals surface area contributed by atoms with Gasteiger partial charge in [0, 0.05) is 19.0 Å². The van der Waals surface area contributed by atoms with Gasteiger partial charge in [0.25, 0.3) is 0 Å². The number of carboxylic acids is 1. The summed E-state index contributed by atoms with van der Waals surface area (Å²) in [7, 11) is 3.32. The van der Waals surface area contributed by atoms with Gasteiger partial charge >= 0.3 is 5.97 Å². The van der Waals surface area contributed by atoms with Gasteiger partial charge in [-0.15, -0.1) is 0 Å². The van der Waals surface area contributed by atoms with Crippen LogP contribution >= 0.6 is 0 Å². The second kappa shape index (κ2) is 12.6. The van der Waals surface area contributed by atoms with Crippen LogP contribution < -0.4 is 9.47 Å². The van der Waals surface area contributed by atoms with Gasteiger partial charge in [0.15, 0.2) is 6.10 Å². The molecule has 1 heterocycles. The highest BCUT2D eigenvalue weighted by Gasteiger charge is 2.32. The molecule has 7 nitrogen and oxygen atoms in total. The number of amides is 1. The fourth-order valence-electron chi connectivity index (χ4n) is 4.79. The molecule has 1 saturated heterocycles. The van der Waals surface area contributed by atoms with Crippen LogP contribution in [0.5, 0.6) is 11.5 Å². The van der Waals surface area contributed by atoms with Crippen molar-refractivity contribution < 1.29 is 28.9 Å². The lowest BCUT2D eigenvalue weighted by Crippen LogP contribution is -2.43. The molecular weight excluding hydrogens is 446 g/mol. The van der Waals surface area contributed by atoms with E-state index >= 15 is 0 Å². The molecule has 1 N–H and O–H groups in total. The standard InChI is InChI=1S/C28H37NO6/c1-5-19(2)27(28(31)32)35-18-25(30)29-16-14-22(15-17-29)26(20-6-10-23(33-3)11-7-20)21-8-12-24(34-4)13-9-21/h6-13,19,22,26-27H,5,14-18H2,1-4H3,(H,31,32). The number of methoxy groups -OCH3 is 2. The number of ether oxygens (including phenoxy) is 3. The van der Waals surface area contributed by atoms with Gasteiger partial charge in [0.05, 0.1) is 14.2 Å². The Morgan fingerprint density at radius 3 is 1.83 bits per heavy atom. The van der Waals surface area contributed by atoms with E-state index in [-0.39, 0.29) is 24.3 Å². The minimum Gasteiger partial charge on any atom is -0.497 e. The zero-order chi connectivity index (χ0) is 25.4. The normalized spacial score (nSPS) is 16.1. The number of likely N-dealkylation sites (tertiary alicyclic amines) is 1. The summed E-state index contributed by atoms with van der Waals surface area (Å²) in [6.07, 6.45) is 1.41. The maximum Gasteiger partial charge on any atom is 0.333 e. The van der Waals surface area contributed by atoms with E-state index in [4.69, 9.17) is 14.2 Å². The predicted molar refractivity (Wildman–Crippen MR) is 134 cm³/mol. The van der Waals surface area contributed by atoms with Crippen LogP contribution in [0, 0.1) is 11.8 Å². The Labute approximate surface area is 208 Å². The van der Waals surface area contributed by atoms with Crippen LogP contribution in [0.25, 0.3) is 0 Å². The quantitative estimate of drug-likeness (QED) is 0.503. The third kappa shape index (κ3) is 6.75. The van der Waals surface area contributed by atoms with Crippen LogP contribution in [-0.2, 0) is 14.3 Å². The highest BCUT2D eigenvalue weighted by atomic mass is 16.5. The van der Waals surface area contributed by atoms with Gasteiger partial charge in [-0.05, 0) is 60.1 Å². The molecule has 3 rings (SSSR count). The zero-order valence-corrected chi connectivity index (χ0v) is 21.1. The third-order valence-electron chi connectivity index (χ3n) is 7.10. The van der Waals surface area contributed by atoms with Gasteiger partial charge in [-0.1, -0.05) is 44.5 Å². The van der Waals surface area contributed by atoms with E-state index in [9.17, 15) is 14.7 Å². The first kappa shape index (κ1) is 26.5. The SMILES string of the molecule is CCC(C)C(OCC(=O)N1CCC(C(c2ccc(OC)cc2)c2ccc(OC)cc2)CC1)C(=O)O. The van der Waals surface area contributed by atoms with Gasteiger partial charge in [-0.25, -0.2) is 4.79 Å². The largest absolute Gasteiger partial charge is 0.497 e. The lowest BCUT2D eigenvalue weighted by atomic mass is 9.76. The Hall–Kier alpha value is -3.06. The molecule has 2 atom stereocenters. The average molecular weight is 484 g/mol. The summed E-state index contributed by atoms with van der Waals surface area (Å²) in [5.74, 6) is 0.854. The first-order chi connectivity index (χ1) is 16.9. The molecule has 35 heavy (non-hydrogen) atoms. The smallest absolute Gasteiger partial charge is 0.333 e. The van der Waals surface area contributed by atoms with E-state index in [2.05, 4.69) is 24.3 Å². The molecule has 2 unspecified atom stereocenters. The molecule has 1 amide bonds. The van der Waals surface area contributed by atoms with Crippen LogP contribution in [-0.4, -0.2) is 61.9 Å².